The van der Waals surface area contributed by atoms with Gasteiger partial charge in [0, 0.05) is 44.2 Å². The van der Waals surface area contributed by atoms with Crippen LogP contribution in [-0.2, 0) is 6.42 Å². The minimum Gasteiger partial charge on any atom is -0.469 e. The van der Waals surface area contributed by atoms with Gasteiger partial charge in [0.25, 0.3) is 0 Å². The molecule has 0 radical (unpaired) electrons. The van der Waals surface area contributed by atoms with Gasteiger partial charge in [0.15, 0.2) is 5.96 Å². The van der Waals surface area contributed by atoms with E-state index in [0.717, 1.165) is 55.8 Å². The molecule has 2 saturated heterocycles. The molecule has 152 valence electrons. The first-order chi connectivity index (χ1) is 12.7. The summed E-state index contributed by atoms with van der Waals surface area (Å²) in [6, 6.07) is 6.11. The highest BCUT2D eigenvalue weighted by atomic mass is 127. The Hall–Kier alpha value is -0.760. The Labute approximate surface area is 181 Å². The maximum absolute atomic E-state index is 5.44. The Morgan fingerprint density at radius 3 is 2.81 bits per heavy atom. The summed E-state index contributed by atoms with van der Waals surface area (Å²) < 4.78 is 5.44. The van der Waals surface area contributed by atoms with Crippen LogP contribution in [0.3, 0.4) is 0 Å². The van der Waals surface area contributed by atoms with Gasteiger partial charge in [-0.25, -0.2) is 0 Å². The zero-order chi connectivity index (χ0) is 17.9. The van der Waals surface area contributed by atoms with Gasteiger partial charge in [0.1, 0.15) is 5.76 Å². The number of nitrogens with one attached hydrogen (secondary N) is 1. The molecule has 0 spiro atoms. The number of aliphatic imine (C=N–C) groups is 1. The largest absolute Gasteiger partial charge is 0.469 e. The van der Waals surface area contributed by atoms with Crippen LogP contribution in [0.25, 0.3) is 0 Å². The third kappa shape index (κ3) is 5.40. The number of nitrogens with zero attached hydrogens (tertiary/aromatic N) is 3. The topological polar surface area (TPSA) is 44.0 Å². The first-order valence-electron chi connectivity index (χ1n) is 10.5. The fraction of sp³-hybridized carbons (Fsp3) is 0.762. The van der Waals surface area contributed by atoms with E-state index in [-0.39, 0.29) is 24.0 Å². The van der Waals surface area contributed by atoms with E-state index >= 15 is 0 Å². The van der Waals surface area contributed by atoms with Crippen molar-refractivity contribution in [2.45, 2.75) is 70.5 Å². The first-order valence-corrected chi connectivity index (χ1v) is 10.5. The molecule has 2 aliphatic heterocycles. The van der Waals surface area contributed by atoms with Crippen molar-refractivity contribution >= 4 is 29.9 Å². The van der Waals surface area contributed by atoms with E-state index < -0.39 is 0 Å². The molecule has 3 fully saturated rings. The van der Waals surface area contributed by atoms with Crippen molar-refractivity contribution in [3.63, 3.8) is 0 Å². The van der Waals surface area contributed by atoms with Crippen molar-refractivity contribution in [3.05, 3.63) is 24.2 Å². The molecule has 5 nitrogen and oxygen atoms in total. The zero-order valence-electron chi connectivity index (χ0n) is 16.8. The summed E-state index contributed by atoms with van der Waals surface area (Å²) in [5, 5.41) is 3.60. The normalized spacial score (nSPS) is 26.6. The molecule has 3 heterocycles. The van der Waals surface area contributed by atoms with Crippen molar-refractivity contribution in [1.82, 2.24) is 15.1 Å². The number of furan rings is 1. The van der Waals surface area contributed by atoms with Gasteiger partial charge >= 0.3 is 0 Å². The Morgan fingerprint density at radius 1 is 1.26 bits per heavy atom. The SMILES string of the molecule is CC(C)NC(=NCCc1ccco1)N1CCC2C(CCCN2C2CC2)C1.I. The van der Waals surface area contributed by atoms with Crippen molar-refractivity contribution < 1.29 is 4.42 Å². The molecule has 1 N–H and O–H groups in total. The molecule has 3 aliphatic rings. The number of piperidine rings is 2. The van der Waals surface area contributed by atoms with E-state index in [1.807, 2.05) is 12.1 Å². The molecule has 1 aliphatic carbocycles. The molecule has 27 heavy (non-hydrogen) atoms. The minimum absolute atomic E-state index is 0. The molecule has 1 saturated carbocycles. The van der Waals surface area contributed by atoms with Gasteiger partial charge in [-0.1, -0.05) is 0 Å². The predicted octanol–water partition coefficient (Wildman–Crippen LogP) is 3.74. The number of likely N-dealkylation sites (tertiary alicyclic amines) is 2. The van der Waals surface area contributed by atoms with E-state index in [4.69, 9.17) is 9.41 Å². The highest BCUT2D eigenvalue weighted by molar-refractivity contribution is 14.0. The van der Waals surface area contributed by atoms with E-state index in [9.17, 15) is 0 Å². The highest BCUT2D eigenvalue weighted by Crippen LogP contribution is 2.38. The van der Waals surface area contributed by atoms with Crippen molar-refractivity contribution in [2.24, 2.45) is 10.9 Å². The van der Waals surface area contributed by atoms with Gasteiger partial charge in [0.05, 0.1) is 6.26 Å². The number of halogens is 1. The number of rotatable bonds is 5. The van der Waals surface area contributed by atoms with Crippen LogP contribution in [0, 0.1) is 5.92 Å². The predicted molar refractivity (Wildman–Crippen MR) is 121 cm³/mol. The second kappa shape index (κ2) is 9.63. The summed E-state index contributed by atoms with van der Waals surface area (Å²) in [5.41, 5.74) is 0. The smallest absolute Gasteiger partial charge is 0.194 e. The molecule has 0 bridgehead atoms. The lowest BCUT2D eigenvalue weighted by atomic mass is 9.83. The lowest BCUT2D eigenvalue weighted by Gasteiger charge is -2.48. The summed E-state index contributed by atoms with van der Waals surface area (Å²) in [5.74, 6) is 2.92. The minimum atomic E-state index is 0. The quantitative estimate of drug-likeness (QED) is 0.391. The summed E-state index contributed by atoms with van der Waals surface area (Å²) in [6.07, 6.45) is 9.51. The lowest BCUT2D eigenvalue weighted by molar-refractivity contribution is 0.0368. The van der Waals surface area contributed by atoms with Gasteiger partial charge in [-0.2, -0.15) is 0 Å². The van der Waals surface area contributed by atoms with Crippen LogP contribution in [-0.4, -0.2) is 60.1 Å². The van der Waals surface area contributed by atoms with E-state index in [1.165, 1.54) is 38.6 Å². The molecule has 2 atom stereocenters. The Balaban J connectivity index is 0.00000210. The molecule has 1 aromatic rings. The van der Waals surface area contributed by atoms with Crippen LogP contribution >= 0.6 is 24.0 Å². The van der Waals surface area contributed by atoms with E-state index in [1.54, 1.807) is 6.26 Å². The molecule has 0 aromatic carbocycles. The average molecular weight is 486 g/mol. The fourth-order valence-electron chi connectivity index (χ4n) is 4.72. The monoisotopic (exact) mass is 486 g/mol. The third-order valence-electron chi connectivity index (χ3n) is 6.04. The highest BCUT2D eigenvalue weighted by Gasteiger charge is 2.42. The number of guanidine groups is 1. The summed E-state index contributed by atoms with van der Waals surface area (Å²) in [6.45, 7) is 8.80. The average Bonchev–Trinajstić information content (AvgIpc) is 3.35. The van der Waals surface area contributed by atoms with Gasteiger partial charge in [0.2, 0.25) is 0 Å². The maximum atomic E-state index is 5.44. The maximum Gasteiger partial charge on any atom is 0.194 e. The summed E-state index contributed by atoms with van der Waals surface area (Å²) in [7, 11) is 0. The number of hydrogen-bond donors (Lipinski definition) is 1. The Morgan fingerprint density at radius 2 is 2.11 bits per heavy atom. The Bertz CT molecular complexity index is 599. The molecule has 1 aromatic heterocycles. The van der Waals surface area contributed by atoms with Crippen LogP contribution in [0.4, 0.5) is 0 Å². The second-order valence-corrected chi connectivity index (χ2v) is 8.51. The van der Waals surface area contributed by atoms with Crippen LogP contribution in [0.2, 0.25) is 0 Å². The molecule has 2 unspecified atom stereocenters. The fourth-order valence-corrected chi connectivity index (χ4v) is 4.72. The third-order valence-corrected chi connectivity index (χ3v) is 6.04. The number of fused-ring (bicyclic) bond motifs is 1. The standard InChI is InChI=1S/C21H34N4O.HI/c1-16(2)23-21(22-11-9-19-6-4-14-26-19)24-13-10-20-17(15-24)5-3-12-25(20)18-7-8-18;/h4,6,14,16-18,20H,3,5,7-13,15H2,1-2H3,(H,22,23);1H. The van der Waals surface area contributed by atoms with Crippen molar-refractivity contribution in [1.29, 1.82) is 0 Å². The van der Waals surface area contributed by atoms with E-state index in [0.29, 0.717) is 6.04 Å². The molecular weight excluding hydrogens is 451 g/mol. The van der Waals surface area contributed by atoms with Gasteiger partial charge in [-0.3, -0.25) is 9.89 Å². The van der Waals surface area contributed by atoms with Crippen molar-refractivity contribution in [3.8, 4) is 0 Å². The number of hydrogen-bond acceptors (Lipinski definition) is 3. The van der Waals surface area contributed by atoms with Crippen LogP contribution in [0.5, 0.6) is 0 Å². The summed E-state index contributed by atoms with van der Waals surface area (Å²) >= 11 is 0. The van der Waals surface area contributed by atoms with Crippen LogP contribution < -0.4 is 5.32 Å². The first kappa shape index (κ1) is 21.0. The van der Waals surface area contributed by atoms with Gasteiger partial charge in [-0.05, 0) is 70.5 Å². The second-order valence-electron chi connectivity index (χ2n) is 8.51. The lowest BCUT2D eigenvalue weighted by Crippen LogP contribution is -2.58. The molecular formula is C21H35IN4O. The molecule has 0 amide bonds. The van der Waals surface area contributed by atoms with Crippen LogP contribution in [0.15, 0.2) is 27.8 Å². The van der Waals surface area contributed by atoms with Gasteiger partial charge in [-0.15, -0.1) is 24.0 Å². The van der Waals surface area contributed by atoms with Gasteiger partial charge < -0.3 is 14.6 Å². The zero-order valence-corrected chi connectivity index (χ0v) is 19.1. The molecule has 4 rings (SSSR count). The Kier molecular flexibility index (Phi) is 7.48. The van der Waals surface area contributed by atoms with Crippen LogP contribution in [0.1, 0.15) is 51.7 Å². The van der Waals surface area contributed by atoms with E-state index in [2.05, 4.69) is 29.0 Å². The summed E-state index contributed by atoms with van der Waals surface area (Å²) in [4.78, 5) is 10.3. The van der Waals surface area contributed by atoms with Crippen molar-refractivity contribution in [2.75, 3.05) is 26.2 Å². The molecule has 6 heteroatoms.